The molecule has 14 heavy (non-hydrogen) atoms. The minimum atomic E-state index is 0.154. The number of unbranched alkanes of at least 4 members (excludes halogenated alkanes) is 1. The van der Waals surface area contributed by atoms with Crippen LogP contribution in [0.2, 0.25) is 0 Å². The fourth-order valence-electron chi connectivity index (χ4n) is 1.37. The van der Waals surface area contributed by atoms with Crippen molar-refractivity contribution < 1.29 is 14.2 Å². The van der Waals surface area contributed by atoms with Gasteiger partial charge in [-0.2, -0.15) is 0 Å². The van der Waals surface area contributed by atoms with Crippen LogP contribution in [0.15, 0.2) is 0 Å². The molecule has 0 aromatic heterocycles. The molecule has 2 atom stereocenters. The summed E-state index contributed by atoms with van der Waals surface area (Å²) in [6.07, 6.45) is 3.68. The van der Waals surface area contributed by atoms with E-state index in [4.69, 9.17) is 14.2 Å². The van der Waals surface area contributed by atoms with Crippen LogP contribution in [-0.4, -0.2) is 56.0 Å². The average Bonchev–Trinajstić information content (AvgIpc) is 2.19. The third kappa shape index (κ3) is 6.86. The van der Waals surface area contributed by atoms with Crippen LogP contribution >= 0.6 is 0 Å². The van der Waals surface area contributed by atoms with Crippen molar-refractivity contribution >= 4 is 17.7 Å². The molecular weight excluding hydrogens is 175 g/mol. The fourth-order valence-corrected chi connectivity index (χ4v) is 1.37. The fraction of sp³-hybridized carbons (Fsp3) is 1.00. The second-order valence-electron chi connectivity index (χ2n) is 3.49. The minimum absolute atomic E-state index is 0.154. The van der Waals surface area contributed by atoms with Crippen molar-refractivity contribution in [1.29, 1.82) is 0 Å². The van der Waals surface area contributed by atoms with Crippen LogP contribution in [-0.2, 0) is 14.2 Å². The van der Waals surface area contributed by atoms with Gasteiger partial charge in [0.15, 0.2) is 0 Å². The van der Waals surface area contributed by atoms with Gasteiger partial charge in [0.2, 0.25) is 0 Å². The predicted molar refractivity (Wildman–Crippen MR) is 57.7 cm³/mol. The van der Waals surface area contributed by atoms with Crippen molar-refractivity contribution in [2.24, 2.45) is 0 Å². The van der Waals surface area contributed by atoms with Crippen molar-refractivity contribution in [2.75, 3.05) is 27.4 Å². The van der Waals surface area contributed by atoms with Gasteiger partial charge in [0, 0.05) is 0 Å². The summed E-state index contributed by atoms with van der Waals surface area (Å²) in [5.74, 6) is 0. The van der Waals surface area contributed by atoms with Gasteiger partial charge in [0.25, 0.3) is 0 Å². The zero-order valence-electron chi connectivity index (χ0n) is 9.91. The van der Waals surface area contributed by atoms with Crippen molar-refractivity contribution in [2.45, 2.75) is 37.1 Å². The van der Waals surface area contributed by atoms with E-state index in [1.807, 2.05) is 0 Å². The molecular formula is C10H21LiO3. The summed E-state index contributed by atoms with van der Waals surface area (Å²) in [5.41, 5.74) is 0. The standard InChI is InChI=1S/C10H21O3.Li/c1-4-5-6-10(12-3)9-13-8-7-11-2;/h9-10H,4-8H2,1-3H3;. The Morgan fingerprint density at radius 2 is 1.93 bits per heavy atom. The Kier molecular flexibility index (Phi) is 10.4. The van der Waals surface area contributed by atoms with E-state index in [9.17, 15) is 0 Å². The molecule has 0 rings (SSSR count). The third-order valence-electron chi connectivity index (χ3n) is 2.34. The van der Waals surface area contributed by atoms with Crippen LogP contribution in [0.3, 0.4) is 0 Å². The molecule has 0 bridgehead atoms. The Bertz CT molecular complexity index is 122. The van der Waals surface area contributed by atoms with Crippen LogP contribution in [0.1, 0.15) is 26.2 Å². The zero-order chi connectivity index (χ0) is 10.8. The van der Waals surface area contributed by atoms with E-state index < -0.39 is 0 Å². The SMILES string of the molecule is [Li][CH](OCCOC)C(CCCC)OC. The van der Waals surface area contributed by atoms with Gasteiger partial charge in [0.05, 0.1) is 0 Å². The number of hydrogen-bond donors (Lipinski definition) is 0. The van der Waals surface area contributed by atoms with Crippen molar-refractivity contribution in [3.05, 3.63) is 0 Å². The monoisotopic (exact) mass is 196 g/mol. The van der Waals surface area contributed by atoms with Gasteiger partial charge in [0.1, 0.15) is 0 Å². The molecule has 0 saturated carbocycles. The topological polar surface area (TPSA) is 27.7 Å². The van der Waals surface area contributed by atoms with Gasteiger partial charge < -0.3 is 0 Å². The number of methoxy groups -OCH3 is 2. The quantitative estimate of drug-likeness (QED) is 0.411. The van der Waals surface area contributed by atoms with Gasteiger partial charge in [-0.3, -0.25) is 0 Å². The van der Waals surface area contributed by atoms with Crippen LogP contribution in [0.25, 0.3) is 0 Å². The molecule has 0 amide bonds. The van der Waals surface area contributed by atoms with Crippen molar-refractivity contribution in [3.63, 3.8) is 0 Å². The first kappa shape index (κ1) is 14.5. The van der Waals surface area contributed by atoms with Gasteiger partial charge in [-0.1, -0.05) is 0 Å². The van der Waals surface area contributed by atoms with E-state index in [0.717, 1.165) is 6.42 Å². The Labute approximate surface area is 96.7 Å². The normalized spacial score (nSPS) is 15.5. The summed E-state index contributed by atoms with van der Waals surface area (Å²) in [6.45, 7) is 3.47. The second kappa shape index (κ2) is 10.0. The van der Waals surface area contributed by atoms with Crippen molar-refractivity contribution in [3.8, 4) is 0 Å². The maximum absolute atomic E-state index is 5.58. The molecule has 0 fully saturated rings. The van der Waals surface area contributed by atoms with E-state index in [1.54, 1.807) is 14.2 Å². The average molecular weight is 196 g/mol. The van der Waals surface area contributed by atoms with Crippen LogP contribution in [0, 0.1) is 0 Å². The Hall–Kier alpha value is 0.477. The van der Waals surface area contributed by atoms with Gasteiger partial charge in [-0.15, -0.1) is 0 Å². The van der Waals surface area contributed by atoms with E-state index in [2.05, 4.69) is 24.6 Å². The summed E-state index contributed by atoms with van der Waals surface area (Å²) in [4.78, 5) is 0. The maximum atomic E-state index is 5.58. The molecule has 2 unspecified atom stereocenters. The van der Waals surface area contributed by atoms with Gasteiger partial charge in [-0.25, -0.2) is 0 Å². The number of ether oxygens (including phenoxy) is 3. The number of hydrogen-bond acceptors (Lipinski definition) is 3. The Morgan fingerprint density at radius 1 is 1.21 bits per heavy atom. The molecule has 3 nitrogen and oxygen atoms in total. The van der Waals surface area contributed by atoms with Crippen LogP contribution in [0.4, 0.5) is 0 Å². The van der Waals surface area contributed by atoms with Crippen molar-refractivity contribution in [1.82, 2.24) is 0 Å². The Morgan fingerprint density at radius 3 is 2.43 bits per heavy atom. The van der Waals surface area contributed by atoms with Gasteiger partial charge in [-0.05, 0) is 0 Å². The first-order valence-electron chi connectivity index (χ1n) is 5.39. The zero-order valence-corrected chi connectivity index (χ0v) is 9.91. The molecule has 0 aliphatic rings. The first-order valence-corrected chi connectivity index (χ1v) is 5.39. The molecule has 80 valence electrons. The molecule has 0 N–H and O–H groups in total. The summed E-state index contributed by atoms with van der Waals surface area (Å²) >= 11 is 2.06. The molecule has 0 aromatic carbocycles. The molecule has 0 radical (unpaired) electrons. The van der Waals surface area contributed by atoms with Gasteiger partial charge >= 0.3 is 96.4 Å². The summed E-state index contributed by atoms with van der Waals surface area (Å²) in [5, 5.41) is 0. The van der Waals surface area contributed by atoms with Crippen LogP contribution < -0.4 is 0 Å². The first-order chi connectivity index (χ1) is 6.76. The second-order valence-corrected chi connectivity index (χ2v) is 3.49. The molecule has 4 heteroatoms. The number of rotatable bonds is 9. The summed E-state index contributed by atoms with van der Waals surface area (Å²) in [6, 6.07) is 0. The van der Waals surface area contributed by atoms with Crippen LogP contribution in [0.5, 0.6) is 0 Å². The third-order valence-corrected chi connectivity index (χ3v) is 2.34. The molecule has 0 heterocycles. The summed E-state index contributed by atoms with van der Waals surface area (Å²) < 4.78 is 16.0. The molecule has 0 aliphatic carbocycles. The molecule has 0 spiro atoms. The Balaban J connectivity index is 3.61. The molecule has 0 aromatic rings. The summed E-state index contributed by atoms with van der Waals surface area (Å²) in [7, 11) is 3.43. The predicted octanol–water partition coefficient (Wildman–Crippen LogP) is 1.35. The molecule has 0 saturated heterocycles. The van der Waals surface area contributed by atoms with E-state index in [1.165, 1.54) is 12.8 Å². The molecule has 0 aliphatic heterocycles. The van der Waals surface area contributed by atoms with E-state index in [0.29, 0.717) is 13.2 Å². The van der Waals surface area contributed by atoms with E-state index in [-0.39, 0.29) is 10.9 Å². The van der Waals surface area contributed by atoms with E-state index >= 15 is 0 Å².